The third kappa shape index (κ3) is 0.867. The van der Waals surface area contributed by atoms with E-state index in [0.29, 0.717) is 6.42 Å². The van der Waals surface area contributed by atoms with Crippen LogP contribution in [-0.2, 0) is 23.8 Å². The lowest BCUT2D eigenvalue weighted by Gasteiger charge is -2.39. The number of esters is 2. The van der Waals surface area contributed by atoms with Gasteiger partial charge in [0.05, 0.1) is 6.42 Å². The molecule has 0 bridgehead atoms. The molecule has 12 heavy (non-hydrogen) atoms. The number of hydrogen-bond acceptors (Lipinski definition) is 5. The second-order valence-electron chi connectivity index (χ2n) is 2.92. The van der Waals surface area contributed by atoms with Gasteiger partial charge in [0.15, 0.2) is 11.9 Å². The fourth-order valence-corrected chi connectivity index (χ4v) is 1.43. The van der Waals surface area contributed by atoms with Crippen molar-refractivity contribution in [2.75, 3.05) is 7.11 Å². The van der Waals surface area contributed by atoms with Gasteiger partial charge >= 0.3 is 11.9 Å². The highest BCUT2D eigenvalue weighted by atomic mass is 16.7. The van der Waals surface area contributed by atoms with E-state index < -0.39 is 17.5 Å². The molecule has 0 amide bonds. The van der Waals surface area contributed by atoms with Crippen molar-refractivity contribution in [3.05, 3.63) is 0 Å². The lowest BCUT2D eigenvalue weighted by Crippen LogP contribution is -2.54. The summed E-state index contributed by atoms with van der Waals surface area (Å²) in [5, 5.41) is 0. The maximum atomic E-state index is 11.0. The van der Waals surface area contributed by atoms with E-state index >= 15 is 0 Å². The van der Waals surface area contributed by atoms with E-state index in [4.69, 9.17) is 9.47 Å². The predicted molar refractivity (Wildman–Crippen MR) is 34.9 cm³/mol. The zero-order chi connectivity index (χ0) is 8.77. The van der Waals surface area contributed by atoms with E-state index in [2.05, 4.69) is 4.74 Å². The average Bonchev–Trinajstić information content (AvgIpc) is 2.22. The Kier molecular flexibility index (Phi) is 1.46. The van der Waals surface area contributed by atoms with Crippen LogP contribution in [0.1, 0.15) is 12.8 Å². The summed E-state index contributed by atoms with van der Waals surface area (Å²) in [4.78, 5) is 21.7. The molecular formula is C7H8O5. The summed E-state index contributed by atoms with van der Waals surface area (Å²) in [6.07, 6.45) is 0.0585. The fourth-order valence-electron chi connectivity index (χ4n) is 1.43. The minimum absolute atomic E-state index is 0.0195. The number of rotatable bonds is 1. The first kappa shape index (κ1) is 7.70. The van der Waals surface area contributed by atoms with E-state index in [1.807, 2.05) is 0 Å². The molecule has 2 aliphatic heterocycles. The zero-order valence-electron chi connectivity index (χ0n) is 6.53. The molecule has 66 valence electrons. The summed E-state index contributed by atoms with van der Waals surface area (Å²) in [7, 11) is 1.49. The fraction of sp³-hybridized carbons (Fsp3) is 0.714. The van der Waals surface area contributed by atoms with Gasteiger partial charge in [-0.2, -0.15) is 0 Å². The highest BCUT2D eigenvalue weighted by molar-refractivity contribution is 5.99. The summed E-state index contributed by atoms with van der Waals surface area (Å²) >= 11 is 0. The molecule has 2 heterocycles. The van der Waals surface area contributed by atoms with E-state index in [1.165, 1.54) is 7.11 Å². The van der Waals surface area contributed by atoms with Crippen molar-refractivity contribution in [2.24, 2.45) is 0 Å². The lowest BCUT2D eigenvalue weighted by molar-refractivity contribution is -0.286. The molecule has 2 atom stereocenters. The molecule has 0 aliphatic carbocycles. The Labute approximate surface area is 68.6 Å². The quantitative estimate of drug-likeness (QED) is 0.397. The smallest absolute Gasteiger partial charge is 0.347 e. The molecule has 0 radical (unpaired) electrons. The third-order valence-corrected chi connectivity index (χ3v) is 2.12. The van der Waals surface area contributed by atoms with Gasteiger partial charge in [0, 0.05) is 13.5 Å². The van der Waals surface area contributed by atoms with E-state index in [9.17, 15) is 9.59 Å². The number of cyclic esters (lactones) is 2. The van der Waals surface area contributed by atoms with Gasteiger partial charge < -0.3 is 14.2 Å². The van der Waals surface area contributed by atoms with Gasteiger partial charge in [-0.1, -0.05) is 0 Å². The Morgan fingerprint density at radius 3 is 2.67 bits per heavy atom. The molecule has 2 rings (SSSR count). The zero-order valence-corrected chi connectivity index (χ0v) is 6.53. The van der Waals surface area contributed by atoms with E-state index in [0.717, 1.165) is 0 Å². The first-order valence-electron chi connectivity index (χ1n) is 3.62. The van der Waals surface area contributed by atoms with Crippen molar-refractivity contribution >= 4 is 11.9 Å². The number of carbonyl (C=O) groups excluding carboxylic acids is 2. The van der Waals surface area contributed by atoms with Crippen LogP contribution in [0.4, 0.5) is 0 Å². The number of ether oxygens (including phenoxy) is 3. The number of carbonyl (C=O) groups is 2. The normalized spacial score (nSPS) is 39.9. The summed E-state index contributed by atoms with van der Waals surface area (Å²) in [5.41, 5.74) is -1.02. The van der Waals surface area contributed by atoms with E-state index in [1.54, 1.807) is 0 Å². The number of methoxy groups -OCH3 is 1. The van der Waals surface area contributed by atoms with Gasteiger partial charge in [0.2, 0.25) is 0 Å². The Hall–Kier alpha value is -0.940. The monoisotopic (exact) mass is 172 g/mol. The highest BCUT2D eigenvalue weighted by Gasteiger charge is 2.59. The lowest BCUT2D eigenvalue weighted by atomic mass is 9.92. The molecule has 2 saturated heterocycles. The Morgan fingerprint density at radius 1 is 1.58 bits per heavy atom. The third-order valence-electron chi connectivity index (χ3n) is 2.12. The van der Waals surface area contributed by atoms with Crippen molar-refractivity contribution in [1.29, 1.82) is 0 Å². The summed E-state index contributed by atoms with van der Waals surface area (Å²) in [6, 6.07) is 0. The molecule has 5 heteroatoms. The highest BCUT2D eigenvalue weighted by Crippen LogP contribution is 2.40. The maximum absolute atomic E-state index is 11.0. The van der Waals surface area contributed by atoms with Crippen LogP contribution in [-0.4, -0.2) is 30.9 Å². The van der Waals surface area contributed by atoms with Crippen molar-refractivity contribution < 1.29 is 23.8 Å². The van der Waals surface area contributed by atoms with Gasteiger partial charge in [0.1, 0.15) is 0 Å². The van der Waals surface area contributed by atoms with Crippen molar-refractivity contribution in [3.63, 3.8) is 0 Å². The second kappa shape index (κ2) is 2.27. The van der Waals surface area contributed by atoms with Crippen molar-refractivity contribution in [1.82, 2.24) is 0 Å². The van der Waals surface area contributed by atoms with Crippen LogP contribution in [0.15, 0.2) is 0 Å². The summed E-state index contributed by atoms with van der Waals surface area (Å²) in [5.74, 6) is -1.10. The summed E-state index contributed by atoms with van der Waals surface area (Å²) < 4.78 is 14.3. The Balaban J connectivity index is 2.06. The average molecular weight is 172 g/mol. The SMILES string of the molecule is COC1CC2(CC(=O)OC2=O)O1. The molecule has 0 aromatic heterocycles. The molecule has 2 aliphatic rings. The molecule has 2 fully saturated rings. The van der Waals surface area contributed by atoms with Gasteiger partial charge in [-0.3, -0.25) is 4.79 Å². The first-order valence-corrected chi connectivity index (χ1v) is 3.62. The van der Waals surface area contributed by atoms with Gasteiger partial charge in [-0.05, 0) is 0 Å². The molecule has 0 saturated carbocycles. The molecular weight excluding hydrogens is 164 g/mol. The maximum Gasteiger partial charge on any atom is 0.347 e. The van der Waals surface area contributed by atoms with Crippen LogP contribution in [0.5, 0.6) is 0 Å². The van der Waals surface area contributed by atoms with Crippen LogP contribution in [0.2, 0.25) is 0 Å². The predicted octanol–water partition coefficient (Wildman–Crippen LogP) is -0.409. The summed E-state index contributed by atoms with van der Waals surface area (Å²) in [6.45, 7) is 0. The van der Waals surface area contributed by atoms with Crippen molar-refractivity contribution in [3.8, 4) is 0 Å². The molecule has 5 nitrogen and oxygen atoms in total. The molecule has 0 aromatic rings. The van der Waals surface area contributed by atoms with Gasteiger partial charge in [0.25, 0.3) is 0 Å². The Morgan fingerprint density at radius 2 is 2.25 bits per heavy atom. The number of hydrogen-bond donors (Lipinski definition) is 0. The molecule has 0 N–H and O–H groups in total. The molecule has 1 spiro atoms. The molecule has 0 aromatic carbocycles. The Bertz CT molecular complexity index is 240. The minimum atomic E-state index is -1.02. The largest absolute Gasteiger partial charge is 0.391 e. The van der Waals surface area contributed by atoms with Crippen LogP contribution in [0.25, 0.3) is 0 Å². The molecule has 2 unspecified atom stereocenters. The topological polar surface area (TPSA) is 61.8 Å². The van der Waals surface area contributed by atoms with Gasteiger partial charge in [-0.15, -0.1) is 0 Å². The van der Waals surface area contributed by atoms with Crippen molar-refractivity contribution in [2.45, 2.75) is 24.7 Å². The standard InChI is InChI=1S/C7H8O5/c1-10-5-3-7(12-5)2-4(8)11-6(7)9/h5H,2-3H2,1H3. The second-order valence-corrected chi connectivity index (χ2v) is 2.92. The van der Waals surface area contributed by atoms with Crippen LogP contribution in [0, 0.1) is 0 Å². The van der Waals surface area contributed by atoms with Crippen LogP contribution >= 0.6 is 0 Å². The van der Waals surface area contributed by atoms with Crippen LogP contribution in [0.3, 0.4) is 0 Å². The van der Waals surface area contributed by atoms with Crippen LogP contribution < -0.4 is 0 Å². The van der Waals surface area contributed by atoms with Gasteiger partial charge in [-0.25, -0.2) is 4.79 Å². The van der Waals surface area contributed by atoms with E-state index in [-0.39, 0.29) is 12.7 Å². The minimum Gasteiger partial charge on any atom is -0.391 e. The first-order chi connectivity index (χ1) is 5.66.